The van der Waals surface area contributed by atoms with E-state index in [2.05, 4.69) is 25.6 Å². The van der Waals surface area contributed by atoms with E-state index in [0.29, 0.717) is 12.1 Å². The van der Waals surface area contributed by atoms with E-state index in [4.69, 9.17) is 4.74 Å². The van der Waals surface area contributed by atoms with E-state index < -0.39 is 0 Å². The van der Waals surface area contributed by atoms with Gasteiger partial charge >= 0.3 is 0 Å². The summed E-state index contributed by atoms with van der Waals surface area (Å²) in [5.74, 6) is 0. The summed E-state index contributed by atoms with van der Waals surface area (Å²) >= 11 is 0. The van der Waals surface area contributed by atoms with Crippen molar-refractivity contribution in [1.29, 1.82) is 0 Å². The third kappa shape index (κ3) is 3.07. The van der Waals surface area contributed by atoms with Crippen molar-refractivity contribution >= 4 is 0 Å². The molecule has 1 aromatic heterocycles. The Labute approximate surface area is 133 Å². The maximum absolute atomic E-state index is 5.54. The van der Waals surface area contributed by atoms with E-state index in [1.807, 2.05) is 6.20 Å². The fourth-order valence-electron chi connectivity index (χ4n) is 4.30. The molecule has 5 heteroatoms. The topological polar surface area (TPSA) is 33.5 Å². The number of rotatable bonds is 4. The highest BCUT2D eigenvalue weighted by Crippen LogP contribution is 2.28. The molecule has 1 atom stereocenters. The molecule has 0 aliphatic carbocycles. The zero-order chi connectivity index (χ0) is 14.8. The molecule has 2 saturated heterocycles. The van der Waals surface area contributed by atoms with Crippen LogP contribution >= 0.6 is 0 Å². The second-order valence-corrected chi connectivity index (χ2v) is 7.03. The molecule has 0 spiro atoms. The minimum Gasteiger partial charge on any atom is -0.381 e. The highest BCUT2D eigenvalue weighted by Gasteiger charge is 2.31. The van der Waals surface area contributed by atoms with Gasteiger partial charge in [-0.05, 0) is 51.3 Å². The van der Waals surface area contributed by atoms with Crippen LogP contribution in [-0.2, 0) is 11.3 Å². The Morgan fingerprint density at radius 1 is 1.18 bits per heavy atom. The molecule has 2 fully saturated rings. The summed E-state index contributed by atoms with van der Waals surface area (Å²) in [4.78, 5) is 5.31. The monoisotopic (exact) mass is 304 g/mol. The molecule has 0 saturated carbocycles. The Morgan fingerprint density at radius 2 is 2.00 bits per heavy atom. The van der Waals surface area contributed by atoms with Gasteiger partial charge in [0.15, 0.2) is 0 Å². The van der Waals surface area contributed by atoms with Crippen LogP contribution in [0.2, 0.25) is 0 Å². The Morgan fingerprint density at radius 3 is 2.82 bits per heavy atom. The van der Waals surface area contributed by atoms with Crippen molar-refractivity contribution in [1.82, 2.24) is 19.6 Å². The average molecular weight is 304 g/mol. The quantitative estimate of drug-likeness (QED) is 0.851. The van der Waals surface area contributed by atoms with Crippen LogP contribution in [-0.4, -0.2) is 65.0 Å². The zero-order valence-corrected chi connectivity index (χ0v) is 13.5. The SMILES string of the molecule is c1cc2n(n1)[C@H](CCN1CCCC1)CN(C1CCOCC1)C2. The van der Waals surface area contributed by atoms with Gasteiger partial charge in [0.1, 0.15) is 0 Å². The molecule has 122 valence electrons. The molecule has 5 nitrogen and oxygen atoms in total. The van der Waals surface area contributed by atoms with Gasteiger partial charge in [-0.25, -0.2) is 0 Å². The number of aromatic nitrogens is 2. The highest BCUT2D eigenvalue weighted by molar-refractivity contribution is 5.06. The van der Waals surface area contributed by atoms with Gasteiger partial charge in [-0.15, -0.1) is 0 Å². The third-order valence-corrected chi connectivity index (χ3v) is 5.59. The maximum Gasteiger partial charge on any atom is 0.0662 e. The van der Waals surface area contributed by atoms with E-state index in [1.165, 1.54) is 57.4 Å². The predicted molar refractivity (Wildman–Crippen MR) is 85.8 cm³/mol. The second-order valence-electron chi connectivity index (χ2n) is 7.03. The maximum atomic E-state index is 5.54. The number of nitrogens with zero attached hydrogens (tertiary/aromatic N) is 4. The van der Waals surface area contributed by atoms with Crippen LogP contribution in [0.5, 0.6) is 0 Å². The zero-order valence-electron chi connectivity index (χ0n) is 13.5. The van der Waals surface area contributed by atoms with Gasteiger partial charge in [-0.3, -0.25) is 9.58 Å². The van der Waals surface area contributed by atoms with Crippen molar-refractivity contribution < 1.29 is 4.74 Å². The molecule has 0 N–H and O–H groups in total. The van der Waals surface area contributed by atoms with Crippen LogP contribution in [0, 0.1) is 0 Å². The fourth-order valence-corrected chi connectivity index (χ4v) is 4.30. The highest BCUT2D eigenvalue weighted by atomic mass is 16.5. The summed E-state index contributed by atoms with van der Waals surface area (Å²) < 4.78 is 7.83. The molecule has 1 aromatic rings. The summed E-state index contributed by atoms with van der Waals surface area (Å²) in [5.41, 5.74) is 1.39. The Balaban J connectivity index is 1.42. The van der Waals surface area contributed by atoms with Gasteiger partial charge in [0, 0.05) is 45.1 Å². The smallest absolute Gasteiger partial charge is 0.0662 e. The van der Waals surface area contributed by atoms with Gasteiger partial charge in [0.05, 0.1) is 11.7 Å². The molecule has 0 aromatic carbocycles. The first kappa shape index (κ1) is 14.7. The number of fused-ring (bicyclic) bond motifs is 1. The van der Waals surface area contributed by atoms with Crippen molar-refractivity contribution in [3.63, 3.8) is 0 Å². The minimum absolute atomic E-state index is 0.544. The van der Waals surface area contributed by atoms with Gasteiger partial charge in [0.2, 0.25) is 0 Å². The van der Waals surface area contributed by atoms with Crippen molar-refractivity contribution in [2.75, 3.05) is 39.4 Å². The van der Waals surface area contributed by atoms with Gasteiger partial charge in [0.25, 0.3) is 0 Å². The van der Waals surface area contributed by atoms with Crippen LogP contribution in [0.4, 0.5) is 0 Å². The average Bonchev–Trinajstić information content (AvgIpc) is 3.24. The molecule has 22 heavy (non-hydrogen) atoms. The van der Waals surface area contributed by atoms with Crippen molar-refractivity contribution in [2.45, 2.75) is 50.7 Å². The molecular weight excluding hydrogens is 276 g/mol. The molecule has 0 unspecified atom stereocenters. The Bertz CT molecular complexity index is 477. The normalized spacial score (nSPS) is 28.1. The van der Waals surface area contributed by atoms with Gasteiger partial charge in [-0.2, -0.15) is 5.10 Å². The van der Waals surface area contributed by atoms with Crippen LogP contribution in [0.25, 0.3) is 0 Å². The van der Waals surface area contributed by atoms with Gasteiger partial charge in [-0.1, -0.05) is 0 Å². The summed E-state index contributed by atoms with van der Waals surface area (Å²) in [6.07, 6.45) is 8.35. The molecule has 4 rings (SSSR count). The number of hydrogen-bond acceptors (Lipinski definition) is 4. The molecule has 0 amide bonds. The van der Waals surface area contributed by atoms with Crippen LogP contribution in [0.15, 0.2) is 12.3 Å². The molecule has 3 aliphatic heterocycles. The summed E-state index contributed by atoms with van der Waals surface area (Å²) in [7, 11) is 0. The molecular formula is C17H28N4O. The lowest BCUT2D eigenvalue weighted by Gasteiger charge is -2.40. The van der Waals surface area contributed by atoms with Crippen molar-refractivity contribution in [3.8, 4) is 0 Å². The number of ether oxygens (including phenoxy) is 1. The summed E-state index contributed by atoms with van der Waals surface area (Å²) in [6.45, 7) is 7.89. The first-order chi connectivity index (χ1) is 10.9. The van der Waals surface area contributed by atoms with E-state index in [0.717, 1.165) is 26.3 Å². The first-order valence-electron chi connectivity index (χ1n) is 8.97. The van der Waals surface area contributed by atoms with Gasteiger partial charge < -0.3 is 9.64 Å². The lowest BCUT2D eigenvalue weighted by atomic mass is 10.0. The molecule has 4 heterocycles. The predicted octanol–water partition coefficient (Wildman–Crippen LogP) is 1.90. The first-order valence-corrected chi connectivity index (χ1v) is 8.97. The minimum atomic E-state index is 0.544. The van der Waals surface area contributed by atoms with E-state index in [9.17, 15) is 0 Å². The Kier molecular flexibility index (Phi) is 4.46. The lowest BCUT2D eigenvalue weighted by molar-refractivity contribution is 0.0151. The molecule has 0 bridgehead atoms. The van der Waals surface area contributed by atoms with Crippen LogP contribution in [0.3, 0.4) is 0 Å². The van der Waals surface area contributed by atoms with E-state index >= 15 is 0 Å². The molecule has 3 aliphatic rings. The lowest BCUT2D eigenvalue weighted by Crippen LogP contribution is -2.46. The van der Waals surface area contributed by atoms with Crippen molar-refractivity contribution in [2.24, 2.45) is 0 Å². The third-order valence-electron chi connectivity index (χ3n) is 5.59. The summed E-state index contributed by atoms with van der Waals surface area (Å²) in [5, 5.41) is 4.61. The summed E-state index contributed by atoms with van der Waals surface area (Å²) in [6, 6.07) is 3.45. The number of likely N-dealkylation sites (tertiary alicyclic amines) is 1. The second kappa shape index (κ2) is 6.69. The molecule has 0 radical (unpaired) electrons. The van der Waals surface area contributed by atoms with Crippen LogP contribution in [0.1, 0.15) is 43.8 Å². The van der Waals surface area contributed by atoms with E-state index in [-0.39, 0.29) is 0 Å². The van der Waals surface area contributed by atoms with Crippen LogP contribution < -0.4 is 0 Å². The standard InChI is InChI=1S/C17H28N4O/c1-2-9-19(8-1)10-4-17-14-20(15-5-11-22-12-6-15)13-16-3-7-18-21(16)17/h3,7,15,17H,1-2,4-6,8-14H2/t17-/m1/s1. The fraction of sp³-hybridized carbons (Fsp3) is 0.824. The Hall–Kier alpha value is -0.910. The van der Waals surface area contributed by atoms with Crippen molar-refractivity contribution in [3.05, 3.63) is 18.0 Å². The number of hydrogen-bond donors (Lipinski definition) is 0. The largest absolute Gasteiger partial charge is 0.381 e. The van der Waals surface area contributed by atoms with E-state index in [1.54, 1.807) is 0 Å².